The van der Waals surface area contributed by atoms with Crippen LogP contribution in [-0.2, 0) is 13.6 Å². The van der Waals surface area contributed by atoms with E-state index in [4.69, 9.17) is 34.8 Å². The molecule has 3 heterocycles. The molecule has 0 fully saturated rings. The van der Waals surface area contributed by atoms with Gasteiger partial charge in [-0.1, -0.05) is 41.7 Å². The minimum absolute atomic E-state index is 0.136. The summed E-state index contributed by atoms with van der Waals surface area (Å²) in [5, 5.41) is 4.52. The van der Waals surface area contributed by atoms with Crippen molar-refractivity contribution in [3.8, 4) is 11.4 Å². The van der Waals surface area contributed by atoms with Crippen LogP contribution < -0.4 is 11.0 Å². The van der Waals surface area contributed by atoms with Crippen LogP contribution in [-0.4, -0.2) is 25.1 Å². The summed E-state index contributed by atoms with van der Waals surface area (Å²) in [4.78, 5) is 21.0. The van der Waals surface area contributed by atoms with Crippen LogP contribution >= 0.6 is 34.8 Å². The standard InChI is InChI=1S/C16H14Cl3N5O/c1-3-8-6-24-12-13(20-8)21-16(25)23(2)15(12)22-14(24)9-4-7(17)5-10(18)11(9)19/h4-5,8H,3,6H2,1-2H3,(H,20,21,25)/t8-/m1/s1. The second-order valence-electron chi connectivity index (χ2n) is 6.02. The van der Waals surface area contributed by atoms with E-state index in [0.29, 0.717) is 44.5 Å². The van der Waals surface area contributed by atoms with Crippen LogP contribution in [0.25, 0.3) is 22.6 Å². The maximum atomic E-state index is 12.2. The van der Waals surface area contributed by atoms with E-state index in [-0.39, 0.29) is 11.7 Å². The molecule has 4 rings (SSSR count). The number of anilines is 1. The predicted molar refractivity (Wildman–Crippen MR) is 101 cm³/mol. The van der Waals surface area contributed by atoms with Gasteiger partial charge in [0.25, 0.3) is 0 Å². The van der Waals surface area contributed by atoms with Gasteiger partial charge in [0.15, 0.2) is 11.5 Å². The fourth-order valence-electron chi connectivity index (χ4n) is 3.12. The summed E-state index contributed by atoms with van der Waals surface area (Å²) in [5.41, 5.74) is 1.58. The Morgan fingerprint density at radius 1 is 1.28 bits per heavy atom. The van der Waals surface area contributed by atoms with Gasteiger partial charge in [-0.15, -0.1) is 0 Å². The molecule has 1 aliphatic heterocycles. The highest BCUT2D eigenvalue weighted by Crippen LogP contribution is 2.39. The van der Waals surface area contributed by atoms with Crippen molar-refractivity contribution in [2.24, 2.45) is 7.05 Å². The highest BCUT2D eigenvalue weighted by Gasteiger charge is 2.27. The second kappa shape index (κ2) is 5.90. The zero-order chi connectivity index (χ0) is 17.9. The molecule has 0 unspecified atom stereocenters. The third-order valence-corrected chi connectivity index (χ3v) is 5.48. The summed E-state index contributed by atoms with van der Waals surface area (Å²) in [7, 11) is 1.65. The molecular weight excluding hydrogens is 385 g/mol. The molecule has 2 aromatic heterocycles. The number of hydrogen-bond acceptors (Lipinski definition) is 4. The number of rotatable bonds is 2. The Hall–Kier alpha value is -1.76. The van der Waals surface area contributed by atoms with Gasteiger partial charge < -0.3 is 9.88 Å². The fraction of sp³-hybridized carbons (Fsp3) is 0.312. The van der Waals surface area contributed by atoms with Crippen LogP contribution in [0.5, 0.6) is 0 Å². The Balaban J connectivity index is 2.10. The summed E-state index contributed by atoms with van der Waals surface area (Å²) in [5.74, 6) is 1.16. The van der Waals surface area contributed by atoms with Gasteiger partial charge >= 0.3 is 5.69 Å². The van der Waals surface area contributed by atoms with Gasteiger partial charge in [-0.2, -0.15) is 4.98 Å². The van der Waals surface area contributed by atoms with Crippen molar-refractivity contribution >= 4 is 51.8 Å². The molecule has 0 saturated carbocycles. The molecule has 9 heteroatoms. The van der Waals surface area contributed by atoms with Crippen LogP contribution in [0, 0.1) is 0 Å². The largest absolute Gasteiger partial charge is 0.364 e. The maximum Gasteiger partial charge on any atom is 0.351 e. The lowest BCUT2D eigenvalue weighted by atomic mass is 10.1. The summed E-state index contributed by atoms with van der Waals surface area (Å²) in [6.45, 7) is 2.75. The number of nitrogens with one attached hydrogen (secondary N) is 1. The van der Waals surface area contributed by atoms with Gasteiger partial charge in [0, 0.05) is 30.2 Å². The number of aryl methyl sites for hydroxylation is 1. The molecule has 3 aromatic rings. The average molecular weight is 399 g/mol. The van der Waals surface area contributed by atoms with Crippen molar-refractivity contribution in [3.63, 3.8) is 0 Å². The minimum atomic E-state index is -0.363. The van der Waals surface area contributed by atoms with Gasteiger partial charge in [0.1, 0.15) is 11.3 Å². The zero-order valence-electron chi connectivity index (χ0n) is 13.5. The summed E-state index contributed by atoms with van der Waals surface area (Å²) >= 11 is 18.8. The van der Waals surface area contributed by atoms with E-state index in [1.807, 2.05) is 4.57 Å². The topological polar surface area (TPSA) is 64.7 Å². The molecule has 0 amide bonds. The normalized spacial score (nSPS) is 16.3. The summed E-state index contributed by atoms with van der Waals surface area (Å²) in [6, 6.07) is 3.46. The van der Waals surface area contributed by atoms with E-state index < -0.39 is 0 Å². The van der Waals surface area contributed by atoms with Crippen molar-refractivity contribution in [2.45, 2.75) is 25.9 Å². The molecule has 1 aliphatic rings. The Labute approximate surface area is 158 Å². The lowest BCUT2D eigenvalue weighted by Gasteiger charge is -2.25. The van der Waals surface area contributed by atoms with E-state index in [9.17, 15) is 4.79 Å². The lowest BCUT2D eigenvalue weighted by Crippen LogP contribution is -2.32. The first kappa shape index (κ1) is 16.7. The molecule has 1 atom stereocenters. The quantitative estimate of drug-likeness (QED) is 0.664. The van der Waals surface area contributed by atoms with E-state index in [0.717, 1.165) is 11.9 Å². The van der Waals surface area contributed by atoms with Crippen molar-refractivity contribution in [1.29, 1.82) is 0 Å². The molecule has 1 aromatic carbocycles. The van der Waals surface area contributed by atoms with Gasteiger partial charge in [0.05, 0.1) is 10.0 Å². The van der Waals surface area contributed by atoms with Crippen molar-refractivity contribution in [2.75, 3.05) is 5.32 Å². The first-order valence-corrected chi connectivity index (χ1v) is 8.92. The monoisotopic (exact) mass is 397 g/mol. The third-order valence-electron chi connectivity index (χ3n) is 4.46. The van der Waals surface area contributed by atoms with Crippen LogP contribution in [0.15, 0.2) is 16.9 Å². The van der Waals surface area contributed by atoms with Gasteiger partial charge in [-0.25, -0.2) is 9.78 Å². The maximum absolute atomic E-state index is 12.2. The molecule has 0 spiro atoms. The minimum Gasteiger partial charge on any atom is -0.364 e. The van der Waals surface area contributed by atoms with Gasteiger partial charge in [0.2, 0.25) is 0 Å². The van der Waals surface area contributed by atoms with Gasteiger partial charge in [-0.05, 0) is 18.6 Å². The summed E-state index contributed by atoms with van der Waals surface area (Å²) < 4.78 is 3.45. The fourth-order valence-corrected chi connectivity index (χ4v) is 3.80. The van der Waals surface area contributed by atoms with E-state index in [1.165, 1.54) is 4.57 Å². The Morgan fingerprint density at radius 3 is 2.76 bits per heavy atom. The zero-order valence-corrected chi connectivity index (χ0v) is 15.7. The molecule has 6 nitrogen and oxygen atoms in total. The van der Waals surface area contributed by atoms with E-state index in [1.54, 1.807) is 19.2 Å². The Kier molecular flexibility index (Phi) is 3.94. The smallest absolute Gasteiger partial charge is 0.351 e. The molecule has 0 saturated heterocycles. The van der Waals surface area contributed by atoms with E-state index >= 15 is 0 Å². The predicted octanol–water partition coefficient (Wildman–Crippen LogP) is 3.96. The SMILES string of the molecule is CC[C@@H]1Cn2c(-c3cc(Cl)cc(Cl)c3Cl)nc3c2c(nc(=O)n3C)N1. The number of halogens is 3. The van der Waals surface area contributed by atoms with Crippen molar-refractivity contribution < 1.29 is 0 Å². The molecule has 25 heavy (non-hydrogen) atoms. The molecule has 1 N–H and O–H groups in total. The lowest BCUT2D eigenvalue weighted by molar-refractivity contribution is 0.567. The number of benzene rings is 1. The van der Waals surface area contributed by atoms with Crippen LogP contribution in [0.4, 0.5) is 5.82 Å². The van der Waals surface area contributed by atoms with E-state index in [2.05, 4.69) is 22.2 Å². The average Bonchev–Trinajstić information content (AvgIpc) is 2.96. The highest BCUT2D eigenvalue weighted by atomic mass is 35.5. The third kappa shape index (κ3) is 2.51. The molecule has 0 radical (unpaired) electrons. The summed E-state index contributed by atoms with van der Waals surface area (Å²) in [6.07, 6.45) is 0.874. The first-order chi connectivity index (χ1) is 11.9. The number of imidazole rings is 1. The second-order valence-corrected chi connectivity index (χ2v) is 7.24. The first-order valence-electron chi connectivity index (χ1n) is 7.79. The number of nitrogens with zero attached hydrogens (tertiary/aromatic N) is 4. The molecule has 130 valence electrons. The van der Waals surface area contributed by atoms with Gasteiger partial charge in [-0.3, -0.25) is 4.57 Å². The molecular formula is C16H14Cl3N5O. The number of hydrogen-bond donors (Lipinski definition) is 1. The van der Waals surface area contributed by atoms with Crippen molar-refractivity contribution in [1.82, 2.24) is 19.1 Å². The van der Waals surface area contributed by atoms with Crippen LogP contribution in [0.3, 0.4) is 0 Å². The van der Waals surface area contributed by atoms with Crippen molar-refractivity contribution in [3.05, 3.63) is 37.7 Å². The van der Waals surface area contributed by atoms with Crippen LogP contribution in [0.1, 0.15) is 13.3 Å². The Morgan fingerprint density at radius 2 is 2.04 bits per heavy atom. The van der Waals surface area contributed by atoms with Crippen LogP contribution in [0.2, 0.25) is 15.1 Å². The Bertz CT molecular complexity index is 1070. The number of aromatic nitrogens is 4. The molecule has 0 bridgehead atoms. The highest BCUT2D eigenvalue weighted by molar-refractivity contribution is 6.45. The molecule has 0 aliphatic carbocycles.